The Kier molecular flexibility index (Phi) is 5.47. The normalized spacial score (nSPS) is 14.8. The lowest BCUT2D eigenvalue weighted by Gasteiger charge is -2.18. The highest BCUT2D eigenvalue weighted by atomic mass is 19.1. The van der Waals surface area contributed by atoms with E-state index in [2.05, 4.69) is 26.1 Å². The molecule has 0 aliphatic carbocycles. The second-order valence-corrected chi connectivity index (χ2v) is 4.55. The third-order valence-corrected chi connectivity index (χ3v) is 2.94. The third-order valence-electron chi connectivity index (χ3n) is 2.94. The number of benzene rings is 1. The third kappa shape index (κ3) is 4.75. The lowest BCUT2D eigenvalue weighted by atomic mass is 10.1. The van der Waals surface area contributed by atoms with Crippen LogP contribution in [0.2, 0.25) is 0 Å². The summed E-state index contributed by atoms with van der Waals surface area (Å²) >= 11 is 0. The Hall–Kier alpha value is -0.890. The standard InChI is InChI=1S/C14H22FN/c1-4-11(2)16-12(3)8-9-13-6-5-7-14(15)10-13/h5-7,10-12,16H,4,8-9H2,1-3H3. The Bertz CT molecular complexity index is 311. The molecule has 0 fully saturated rings. The van der Waals surface area contributed by atoms with Gasteiger partial charge in [0.25, 0.3) is 0 Å². The number of halogens is 1. The van der Waals surface area contributed by atoms with E-state index in [4.69, 9.17) is 0 Å². The molecule has 2 unspecified atom stereocenters. The first-order valence-corrected chi connectivity index (χ1v) is 6.12. The monoisotopic (exact) mass is 223 g/mol. The lowest BCUT2D eigenvalue weighted by molar-refractivity contribution is 0.438. The maximum Gasteiger partial charge on any atom is 0.123 e. The van der Waals surface area contributed by atoms with E-state index in [1.54, 1.807) is 12.1 Å². The number of hydrogen-bond donors (Lipinski definition) is 1. The van der Waals surface area contributed by atoms with Gasteiger partial charge in [0.15, 0.2) is 0 Å². The van der Waals surface area contributed by atoms with E-state index in [9.17, 15) is 4.39 Å². The minimum Gasteiger partial charge on any atom is -0.312 e. The fourth-order valence-electron chi connectivity index (χ4n) is 1.76. The first kappa shape index (κ1) is 13.2. The summed E-state index contributed by atoms with van der Waals surface area (Å²) in [5.74, 6) is -0.139. The van der Waals surface area contributed by atoms with Crippen LogP contribution in [-0.2, 0) is 6.42 Å². The van der Waals surface area contributed by atoms with Gasteiger partial charge in [-0.25, -0.2) is 4.39 Å². The molecule has 2 atom stereocenters. The topological polar surface area (TPSA) is 12.0 Å². The molecule has 1 aromatic rings. The molecular weight excluding hydrogens is 201 g/mol. The van der Waals surface area contributed by atoms with Crippen molar-refractivity contribution >= 4 is 0 Å². The van der Waals surface area contributed by atoms with Crippen molar-refractivity contribution in [2.75, 3.05) is 0 Å². The van der Waals surface area contributed by atoms with Crippen LogP contribution in [0.5, 0.6) is 0 Å². The summed E-state index contributed by atoms with van der Waals surface area (Å²) in [5, 5.41) is 3.52. The van der Waals surface area contributed by atoms with E-state index < -0.39 is 0 Å². The van der Waals surface area contributed by atoms with Crippen molar-refractivity contribution in [2.24, 2.45) is 0 Å². The van der Waals surface area contributed by atoms with Gasteiger partial charge < -0.3 is 5.32 Å². The van der Waals surface area contributed by atoms with Crippen molar-refractivity contribution in [2.45, 2.75) is 52.1 Å². The van der Waals surface area contributed by atoms with Gasteiger partial charge in [-0.1, -0.05) is 19.1 Å². The smallest absolute Gasteiger partial charge is 0.123 e. The minimum absolute atomic E-state index is 0.139. The average molecular weight is 223 g/mol. The van der Waals surface area contributed by atoms with Crippen molar-refractivity contribution < 1.29 is 4.39 Å². The van der Waals surface area contributed by atoms with Gasteiger partial charge in [0, 0.05) is 12.1 Å². The minimum atomic E-state index is -0.139. The SMILES string of the molecule is CCC(C)NC(C)CCc1cccc(F)c1. The van der Waals surface area contributed by atoms with E-state index in [0.29, 0.717) is 12.1 Å². The summed E-state index contributed by atoms with van der Waals surface area (Å²) in [6.07, 6.45) is 3.13. The predicted molar refractivity (Wildman–Crippen MR) is 67.1 cm³/mol. The van der Waals surface area contributed by atoms with Crippen LogP contribution < -0.4 is 5.32 Å². The Morgan fingerprint density at radius 3 is 2.62 bits per heavy atom. The molecule has 1 nitrogen and oxygen atoms in total. The maximum atomic E-state index is 12.9. The molecule has 0 radical (unpaired) electrons. The van der Waals surface area contributed by atoms with Gasteiger partial charge in [-0.05, 0) is 50.8 Å². The molecule has 0 saturated carbocycles. The molecule has 0 aliphatic heterocycles. The average Bonchev–Trinajstić information content (AvgIpc) is 2.26. The van der Waals surface area contributed by atoms with Crippen LogP contribution in [0, 0.1) is 5.82 Å². The van der Waals surface area contributed by atoms with Gasteiger partial charge in [0.05, 0.1) is 0 Å². The maximum absolute atomic E-state index is 12.9. The van der Waals surface area contributed by atoms with Crippen molar-refractivity contribution in [3.05, 3.63) is 35.6 Å². The zero-order valence-corrected chi connectivity index (χ0v) is 10.5. The quantitative estimate of drug-likeness (QED) is 0.778. The number of aryl methyl sites for hydroxylation is 1. The zero-order chi connectivity index (χ0) is 12.0. The Morgan fingerprint density at radius 2 is 2.00 bits per heavy atom. The van der Waals surface area contributed by atoms with Gasteiger partial charge in [-0.2, -0.15) is 0 Å². The van der Waals surface area contributed by atoms with E-state index in [1.807, 2.05) is 6.07 Å². The van der Waals surface area contributed by atoms with Crippen molar-refractivity contribution in [1.29, 1.82) is 0 Å². The Balaban J connectivity index is 2.34. The summed E-state index contributed by atoms with van der Waals surface area (Å²) in [6.45, 7) is 6.56. The largest absolute Gasteiger partial charge is 0.312 e. The summed E-state index contributed by atoms with van der Waals surface area (Å²) in [7, 11) is 0. The molecule has 1 aromatic carbocycles. The highest BCUT2D eigenvalue weighted by molar-refractivity contribution is 5.16. The molecule has 0 aromatic heterocycles. The zero-order valence-electron chi connectivity index (χ0n) is 10.5. The van der Waals surface area contributed by atoms with Crippen LogP contribution in [0.3, 0.4) is 0 Å². The molecule has 2 heteroatoms. The van der Waals surface area contributed by atoms with E-state index in [0.717, 1.165) is 24.8 Å². The number of rotatable bonds is 6. The van der Waals surface area contributed by atoms with Crippen molar-refractivity contribution in [3.63, 3.8) is 0 Å². The molecule has 16 heavy (non-hydrogen) atoms. The first-order valence-electron chi connectivity index (χ1n) is 6.12. The summed E-state index contributed by atoms with van der Waals surface area (Å²) in [6, 6.07) is 7.91. The van der Waals surface area contributed by atoms with E-state index in [-0.39, 0.29) is 5.82 Å². The van der Waals surface area contributed by atoms with Crippen LogP contribution in [0.15, 0.2) is 24.3 Å². The molecule has 0 saturated heterocycles. The molecule has 0 spiro atoms. The van der Waals surface area contributed by atoms with Crippen LogP contribution in [0.25, 0.3) is 0 Å². The molecule has 0 amide bonds. The predicted octanol–water partition coefficient (Wildman–Crippen LogP) is 3.53. The van der Waals surface area contributed by atoms with Crippen LogP contribution in [0.4, 0.5) is 4.39 Å². The fraction of sp³-hybridized carbons (Fsp3) is 0.571. The number of nitrogens with one attached hydrogen (secondary N) is 1. The van der Waals surface area contributed by atoms with E-state index in [1.165, 1.54) is 6.07 Å². The molecule has 1 N–H and O–H groups in total. The van der Waals surface area contributed by atoms with Crippen molar-refractivity contribution in [3.8, 4) is 0 Å². The molecule has 0 heterocycles. The van der Waals surface area contributed by atoms with Crippen LogP contribution in [-0.4, -0.2) is 12.1 Å². The van der Waals surface area contributed by atoms with Gasteiger partial charge >= 0.3 is 0 Å². The second-order valence-electron chi connectivity index (χ2n) is 4.55. The summed E-state index contributed by atoms with van der Waals surface area (Å²) < 4.78 is 12.9. The number of hydrogen-bond acceptors (Lipinski definition) is 1. The highest BCUT2D eigenvalue weighted by Crippen LogP contribution is 2.08. The van der Waals surface area contributed by atoms with Gasteiger partial charge in [-0.15, -0.1) is 0 Å². The second kappa shape index (κ2) is 6.64. The fourth-order valence-corrected chi connectivity index (χ4v) is 1.76. The summed E-state index contributed by atoms with van der Waals surface area (Å²) in [4.78, 5) is 0. The highest BCUT2D eigenvalue weighted by Gasteiger charge is 2.05. The lowest BCUT2D eigenvalue weighted by Crippen LogP contribution is -2.34. The molecule has 0 aliphatic rings. The summed E-state index contributed by atoms with van der Waals surface area (Å²) in [5.41, 5.74) is 1.08. The van der Waals surface area contributed by atoms with E-state index >= 15 is 0 Å². The van der Waals surface area contributed by atoms with Gasteiger partial charge in [-0.3, -0.25) is 0 Å². The Labute approximate surface area is 98.1 Å². The van der Waals surface area contributed by atoms with Gasteiger partial charge in [0.1, 0.15) is 5.82 Å². The first-order chi connectivity index (χ1) is 7.61. The molecule has 1 rings (SSSR count). The molecular formula is C14H22FN. The van der Waals surface area contributed by atoms with Crippen molar-refractivity contribution in [1.82, 2.24) is 5.32 Å². The molecule has 0 bridgehead atoms. The van der Waals surface area contributed by atoms with Crippen LogP contribution >= 0.6 is 0 Å². The Morgan fingerprint density at radius 1 is 1.25 bits per heavy atom. The van der Waals surface area contributed by atoms with Crippen LogP contribution in [0.1, 0.15) is 39.2 Å². The van der Waals surface area contributed by atoms with Gasteiger partial charge in [0.2, 0.25) is 0 Å². The molecule has 90 valence electrons.